The van der Waals surface area contributed by atoms with Crippen molar-refractivity contribution in [1.82, 2.24) is 9.80 Å². The highest BCUT2D eigenvalue weighted by Crippen LogP contribution is 2.46. The van der Waals surface area contributed by atoms with E-state index in [1.165, 1.54) is 0 Å². The zero-order valence-corrected chi connectivity index (χ0v) is 19.1. The molecule has 0 aliphatic carbocycles. The van der Waals surface area contributed by atoms with E-state index in [9.17, 15) is 9.59 Å². The Morgan fingerprint density at radius 3 is 1.82 bits per heavy atom. The van der Waals surface area contributed by atoms with Crippen LogP contribution in [-0.2, 0) is 16.1 Å². The topological polar surface area (TPSA) is 61.9 Å². The summed E-state index contributed by atoms with van der Waals surface area (Å²) in [5.74, 6) is -0.0101. The quantitative estimate of drug-likeness (QED) is 0.750. The highest BCUT2D eigenvalue weighted by atomic mass is 16.6. The largest absolute Gasteiger partial charge is 0.445 e. The van der Waals surface area contributed by atoms with Gasteiger partial charge < -0.3 is 19.9 Å². The Labute approximate surface area is 170 Å². The van der Waals surface area contributed by atoms with E-state index in [2.05, 4.69) is 19.2 Å². The Morgan fingerprint density at radius 1 is 0.929 bits per heavy atom. The molecule has 0 fully saturated rings. The van der Waals surface area contributed by atoms with Crippen molar-refractivity contribution in [2.45, 2.75) is 66.2 Å². The number of carbonyl (C=O) groups is 2. The second kappa shape index (κ2) is 8.41. The van der Waals surface area contributed by atoms with Crippen LogP contribution in [0.15, 0.2) is 24.3 Å². The normalized spacial score (nSPS) is 12.4. The number of hydrogen-bond donors (Lipinski definition) is 1. The number of nitrogens with one attached hydrogen (secondary N) is 1. The van der Waals surface area contributed by atoms with Gasteiger partial charge in [-0.05, 0) is 45.4 Å². The van der Waals surface area contributed by atoms with Gasteiger partial charge in [0, 0.05) is 50.2 Å². The van der Waals surface area contributed by atoms with Gasteiger partial charge in [-0.25, -0.2) is 4.79 Å². The van der Waals surface area contributed by atoms with E-state index in [4.69, 9.17) is 4.74 Å². The van der Waals surface area contributed by atoms with Crippen molar-refractivity contribution in [2.24, 2.45) is 5.41 Å². The summed E-state index contributed by atoms with van der Waals surface area (Å²) < 4.78 is 5.55. The predicted octanol–water partition coefficient (Wildman–Crippen LogP) is 4.36. The molecule has 0 saturated heterocycles. The molecule has 6 nitrogen and oxygen atoms in total. The fraction of sp³-hybridized carbons (Fsp3) is 0.636. The molecule has 1 aromatic carbocycles. The number of benzene rings is 1. The standard InChI is InChI=1S/C22H37N3O3/c1-16(26)24(9)21(4,5)20(2,3)22(6,7)25(10)19(27)28-15-17-11-13-18(23-8)14-12-17/h11-14,23H,15H2,1-10H3. The van der Waals surface area contributed by atoms with Gasteiger partial charge in [0.2, 0.25) is 5.91 Å². The number of nitrogens with zero attached hydrogens (tertiary/aromatic N) is 2. The zero-order valence-electron chi connectivity index (χ0n) is 19.1. The van der Waals surface area contributed by atoms with Crippen LogP contribution in [0, 0.1) is 5.41 Å². The zero-order chi connectivity index (χ0) is 21.9. The number of ether oxygens (including phenoxy) is 1. The van der Waals surface area contributed by atoms with E-state index < -0.39 is 22.6 Å². The molecule has 1 N–H and O–H groups in total. The van der Waals surface area contributed by atoms with Crippen LogP contribution in [0.4, 0.5) is 10.5 Å². The smallest absolute Gasteiger partial charge is 0.410 e. The lowest BCUT2D eigenvalue weighted by Gasteiger charge is -2.57. The fourth-order valence-electron chi connectivity index (χ4n) is 3.22. The SMILES string of the molecule is CNc1ccc(COC(=O)N(C)C(C)(C)C(C)(C)C(C)(C)N(C)C(C)=O)cc1. The van der Waals surface area contributed by atoms with Crippen LogP contribution >= 0.6 is 0 Å². The van der Waals surface area contributed by atoms with Gasteiger partial charge >= 0.3 is 6.09 Å². The van der Waals surface area contributed by atoms with Crippen LogP contribution in [0.3, 0.4) is 0 Å². The van der Waals surface area contributed by atoms with Crippen molar-refractivity contribution in [1.29, 1.82) is 0 Å². The maximum atomic E-state index is 12.8. The predicted molar refractivity (Wildman–Crippen MR) is 114 cm³/mol. The Balaban J connectivity index is 2.95. The highest BCUT2D eigenvalue weighted by molar-refractivity contribution is 5.74. The maximum absolute atomic E-state index is 12.8. The Morgan fingerprint density at radius 2 is 1.39 bits per heavy atom. The number of anilines is 1. The first-order chi connectivity index (χ1) is 12.7. The molecule has 0 radical (unpaired) electrons. The average molecular weight is 392 g/mol. The number of carbonyl (C=O) groups excluding carboxylic acids is 2. The van der Waals surface area contributed by atoms with Gasteiger partial charge in [-0.1, -0.05) is 26.0 Å². The minimum absolute atomic E-state index is 0.0101. The van der Waals surface area contributed by atoms with Crippen LogP contribution in [-0.4, -0.2) is 54.0 Å². The second-order valence-electron chi connectivity index (χ2n) is 8.88. The summed E-state index contributed by atoms with van der Waals surface area (Å²) >= 11 is 0. The molecule has 0 aliphatic rings. The maximum Gasteiger partial charge on any atom is 0.410 e. The fourth-order valence-corrected chi connectivity index (χ4v) is 3.22. The first kappa shape index (κ1) is 23.8. The van der Waals surface area contributed by atoms with E-state index in [-0.39, 0.29) is 12.5 Å². The first-order valence-corrected chi connectivity index (χ1v) is 9.61. The molecule has 1 rings (SSSR count). The van der Waals surface area contributed by atoms with E-state index in [0.29, 0.717) is 0 Å². The molecule has 28 heavy (non-hydrogen) atoms. The van der Waals surface area contributed by atoms with Crippen LogP contribution in [0.5, 0.6) is 0 Å². The van der Waals surface area contributed by atoms with Crippen molar-refractivity contribution >= 4 is 17.7 Å². The first-order valence-electron chi connectivity index (χ1n) is 9.61. The Bertz CT molecular complexity index is 693. The third-order valence-corrected chi connectivity index (χ3v) is 7.09. The summed E-state index contributed by atoms with van der Waals surface area (Å²) in [4.78, 5) is 28.1. The van der Waals surface area contributed by atoms with Crippen LogP contribution in [0.25, 0.3) is 0 Å². The second-order valence-corrected chi connectivity index (χ2v) is 8.88. The van der Waals surface area contributed by atoms with Crippen LogP contribution in [0.1, 0.15) is 54.0 Å². The molecular weight excluding hydrogens is 354 g/mol. The van der Waals surface area contributed by atoms with Crippen molar-refractivity contribution in [3.63, 3.8) is 0 Å². The van der Waals surface area contributed by atoms with Gasteiger partial charge in [-0.15, -0.1) is 0 Å². The van der Waals surface area contributed by atoms with Crippen LogP contribution in [0.2, 0.25) is 0 Å². The molecule has 0 aromatic heterocycles. The molecular formula is C22H37N3O3. The molecule has 0 heterocycles. The van der Waals surface area contributed by atoms with Crippen molar-refractivity contribution in [3.05, 3.63) is 29.8 Å². The van der Waals surface area contributed by atoms with Gasteiger partial charge in [0.15, 0.2) is 0 Å². The number of amides is 2. The van der Waals surface area contributed by atoms with Crippen molar-refractivity contribution < 1.29 is 14.3 Å². The summed E-state index contributed by atoms with van der Waals surface area (Å²) in [6, 6.07) is 7.75. The molecule has 0 aliphatic heterocycles. The third kappa shape index (κ3) is 4.42. The lowest BCUT2D eigenvalue weighted by atomic mass is 9.61. The molecule has 6 heteroatoms. The number of rotatable bonds is 7. The third-order valence-electron chi connectivity index (χ3n) is 7.09. The molecule has 0 atom stereocenters. The molecule has 2 amide bonds. The molecule has 158 valence electrons. The minimum atomic E-state index is -0.576. The van der Waals surface area contributed by atoms with Crippen LogP contribution < -0.4 is 5.32 Å². The summed E-state index contributed by atoms with van der Waals surface area (Å²) in [6.07, 6.45) is -0.392. The summed E-state index contributed by atoms with van der Waals surface area (Å²) in [5, 5.41) is 3.06. The van der Waals surface area contributed by atoms with E-state index in [1.54, 1.807) is 30.8 Å². The van der Waals surface area contributed by atoms with Gasteiger partial charge in [0.1, 0.15) is 6.61 Å². The summed E-state index contributed by atoms with van der Waals surface area (Å²) in [6.45, 7) is 14.0. The Kier molecular flexibility index (Phi) is 7.15. The highest BCUT2D eigenvalue weighted by Gasteiger charge is 2.53. The molecule has 0 saturated carbocycles. The lowest BCUT2D eigenvalue weighted by molar-refractivity contribution is -0.142. The van der Waals surface area contributed by atoms with Gasteiger partial charge in [0.25, 0.3) is 0 Å². The van der Waals surface area contributed by atoms with E-state index in [1.807, 2.05) is 59.0 Å². The van der Waals surface area contributed by atoms with Crippen molar-refractivity contribution in [2.75, 3.05) is 26.5 Å². The van der Waals surface area contributed by atoms with Gasteiger partial charge in [-0.2, -0.15) is 0 Å². The summed E-state index contributed by atoms with van der Waals surface area (Å²) in [5.41, 5.74) is 0.442. The van der Waals surface area contributed by atoms with E-state index in [0.717, 1.165) is 11.3 Å². The van der Waals surface area contributed by atoms with Crippen molar-refractivity contribution in [3.8, 4) is 0 Å². The minimum Gasteiger partial charge on any atom is -0.445 e. The van der Waals surface area contributed by atoms with E-state index >= 15 is 0 Å². The Hall–Kier alpha value is -2.24. The molecule has 1 aromatic rings. The molecule has 0 spiro atoms. The molecule has 0 bridgehead atoms. The monoisotopic (exact) mass is 391 g/mol. The average Bonchev–Trinajstić information content (AvgIpc) is 2.64. The number of hydrogen-bond acceptors (Lipinski definition) is 4. The van der Waals surface area contributed by atoms with Gasteiger partial charge in [-0.3, -0.25) is 4.79 Å². The summed E-state index contributed by atoms with van der Waals surface area (Å²) in [7, 11) is 5.41. The molecule has 0 unspecified atom stereocenters. The van der Waals surface area contributed by atoms with Gasteiger partial charge in [0.05, 0.1) is 0 Å². The lowest BCUT2D eigenvalue weighted by Crippen LogP contribution is -2.66.